The molecule has 0 heterocycles. The van der Waals surface area contributed by atoms with Crippen LogP contribution in [0.3, 0.4) is 0 Å². The van der Waals surface area contributed by atoms with Gasteiger partial charge < -0.3 is 9.47 Å². The van der Waals surface area contributed by atoms with Gasteiger partial charge in [0.15, 0.2) is 6.07 Å². The molecule has 1 fully saturated rings. The van der Waals surface area contributed by atoms with E-state index in [-0.39, 0.29) is 18.5 Å². The van der Waals surface area contributed by atoms with Gasteiger partial charge in [0.2, 0.25) is 0 Å². The van der Waals surface area contributed by atoms with Crippen molar-refractivity contribution in [1.29, 1.82) is 0 Å². The van der Waals surface area contributed by atoms with Gasteiger partial charge in [-0.05, 0) is 33.6 Å². The van der Waals surface area contributed by atoms with Crippen LogP contribution in [0.4, 0.5) is 0 Å². The molecule has 0 saturated heterocycles. The summed E-state index contributed by atoms with van der Waals surface area (Å²) in [6.07, 6.45) is 1.42. The Bertz CT molecular complexity index is 289. The zero-order valence-electron chi connectivity index (χ0n) is 9.84. The highest BCUT2D eigenvalue weighted by atomic mass is 35.5. The first kappa shape index (κ1) is 13.3. The first-order chi connectivity index (χ1) is 7.29. The monoisotopic (exact) mass is 248 g/mol. The Kier molecular flexibility index (Phi) is 3.84. The van der Waals surface area contributed by atoms with E-state index in [9.17, 15) is 9.59 Å². The normalized spacial score (nSPS) is 17.8. The van der Waals surface area contributed by atoms with Crippen molar-refractivity contribution in [2.75, 3.05) is 6.07 Å². The van der Waals surface area contributed by atoms with E-state index in [0.717, 1.165) is 0 Å². The molecule has 0 aromatic rings. The fourth-order valence-electron chi connectivity index (χ4n) is 1.46. The summed E-state index contributed by atoms with van der Waals surface area (Å²) in [7, 11) is 0. The molecule has 0 N–H and O–H groups in total. The highest BCUT2D eigenvalue weighted by Gasteiger charge is 2.53. The second-order valence-corrected chi connectivity index (χ2v) is 5.30. The Morgan fingerprint density at radius 2 is 1.88 bits per heavy atom. The zero-order valence-corrected chi connectivity index (χ0v) is 10.6. The van der Waals surface area contributed by atoms with Gasteiger partial charge >= 0.3 is 11.9 Å². The average Bonchev–Trinajstić information content (AvgIpc) is 2.82. The van der Waals surface area contributed by atoms with E-state index in [1.54, 1.807) is 20.8 Å². The second kappa shape index (κ2) is 4.62. The lowest BCUT2D eigenvalue weighted by molar-refractivity contribution is -0.162. The number of hydrogen-bond acceptors (Lipinski definition) is 4. The smallest absolute Gasteiger partial charge is 0.313 e. The van der Waals surface area contributed by atoms with Crippen molar-refractivity contribution in [3.63, 3.8) is 0 Å². The maximum Gasteiger partial charge on any atom is 0.313 e. The second-order valence-electron chi connectivity index (χ2n) is 5.08. The van der Waals surface area contributed by atoms with Crippen LogP contribution in [-0.4, -0.2) is 23.6 Å². The van der Waals surface area contributed by atoms with E-state index in [1.807, 2.05) is 0 Å². The van der Waals surface area contributed by atoms with E-state index in [4.69, 9.17) is 21.1 Å². The third kappa shape index (κ3) is 3.67. The largest absolute Gasteiger partial charge is 0.460 e. The van der Waals surface area contributed by atoms with Crippen molar-refractivity contribution in [2.45, 2.75) is 45.6 Å². The average molecular weight is 249 g/mol. The highest BCUT2D eigenvalue weighted by molar-refractivity contribution is 6.17. The molecule has 92 valence electrons. The maximum atomic E-state index is 11.6. The van der Waals surface area contributed by atoms with E-state index in [1.165, 1.54) is 0 Å². The number of ether oxygens (including phenoxy) is 2. The van der Waals surface area contributed by atoms with Crippen molar-refractivity contribution < 1.29 is 19.1 Å². The van der Waals surface area contributed by atoms with Gasteiger partial charge in [0, 0.05) is 0 Å². The van der Waals surface area contributed by atoms with Gasteiger partial charge in [0.05, 0.1) is 11.8 Å². The predicted molar refractivity (Wildman–Crippen MR) is 58.9 cm³/mol. The molecule has 1 aliphatic rings. The van der Waals surface area contributed by atoms with E-state index in [0.29, 0.717) is 12.8 Å². The number of rotatable bonds is 4. The van der Waals surface area contributed by atoms with Gasteiger partial charge in [-0.1, -0.05) is 11.6 Å². The summed E-state index contributed by atoms with van der Waals surface area (Å²) < 4.78 is 9.88. The van der Waals surface area contributed by atoms with Crippen LogP contribution in [-0.2, 0) is 19.1 Å². The number of hydrogen-bond donors (Lipinski definition) is 0. The molecule has 4 nitrogen and oxygen atoms in total. The molecule has 0 amide bonds. The summed E-state index contributed by atoms with van der Waals surface area (Å²) in [4.78, 5) is 23.1. The quantitative estimate of drug-likeness (QED) is 0.566. The fraction of sp³-hybridized carbons (Fsp3) is 0.818. The molecule has 0 unspecified atom stereocenters. The summed E-state index contributed by atoms with van der Waals surface area (Å²) in [5.41, 5.74) is -1.19. The lowest BCUT2D eigenvalue weighted by atomic mass is 10.0. The molecule has 0 aromatic heterocycles. The van der Waals surface area contributed by atoms with Crippen molar-refractivity contribution in [3.8, 4) is 0 Å². The molecule has 0 spiro atoms. The lowest BCUT2D eigenvalue weighted by Gasteiger charge is -2.21. The van der Waals surface area contributed by atoms with Gasteiger partial charge in [0.25, 0.3) is 0 Å². The molecule has 0 aromatic carbocycles. The molecule has 16 heavy (non-hydrogen) atoms. The zero-order chi connectivity index (χ0) is 12.4. The van der Waals surface area contributed by atoms with Crippen molar-refractivity contribution in [2.24, 2.45) is 5.41 Å². The van der Waals surface area contributed by atoms with Crippen LogP contribution < -0.4 is 0 Å². The Morgan fingerprint density at radius 3 is 2.25 bits per heavy atom. The third-order valence-corrected chi connectivity index (χ3v) is 2.48. The van der Waals surface area contributed by atoms with Crippen LogP contribution in [0.5, 0.6) is 0 Å². The summed E-state index contributed by atoms with van der Waals surface area (Å²) >= 11 is 5.31. The van der Waals surface area contributed by atoms with Gasteiger partial charge in [-0.25, -0.2) is 0 Å². The van der Waals surface area contributed by atoms with Crippen LogP contribution in [0.15, 0.2) is 0 Å². The minimum atomic E-state index is -0.669. The third-order valence-electron chi connectivity index (χ3n) is 2.37. The standard InChI is InChI=1S/C11H17ClO4/c1-10(2,3)16-8(13)6-11(4-5-11)9(14)15-7-12/h4-7H2,1-3H3. The molecule has 0 atom stereocenters. The van der Waals surface area contributed by atoms with Crippen molar-refractivity contribution >= 4 is 23.5 Å². The molecule has 1 saturated carbocycles. The Hall–Kier alpha value is -0.770. The number of alkyl halides is 1. The first-order valence-corrected chi connectivity index (χ1v) is 5.78. The number of esters is 2. The fourth-order valence-corrected chi connectivity index (χ4v) is 1.56. The molecule has 0 aliphatic heterocycles. The van der Waals surface area contributed by atoms with Gasteiger partial charge in [0.1, 0.15) is 5.60 Å². The number of carbonyl (C=O) groups excluding carboxylic acids is 2. The molecule has 1 rings (SSSR count). The lowest BCUT2D eigenvalue weighted by Crippen LogP contribution is -2.28. The number of halogens is 1. The Labute approximate surface area is 100 Å². The van der Waals surface area contributed by atoms with Crippen LogP contribution in [0, 0.1) is 5.41 Å². The van der Waals surface area contributed by atoms with E-state index in [2.05, 4.69) is 0 Å². The summed E-state index contributed by atoms with van der Waals surface area (Å²) in [5, 5.41) is 0. The van der Waals surface area contributed by atoms with Crippen LogP contribution in [0.25, 0.3) is 0 Å². The Morgan fingerprint density at radius 1 is 1.31 bits per heavy atom. The molecule has 1 aliphatic carbocycles. The van der Waals surface area contributed by atoms with Crippen molar-refractivity contribution in [1.82, 2.24) is 0 Å². The SMILES string of the molecule is CC(C)(C)OC(=O)CC1(C(=O)OCCl)CC1. The van der Waals surface area contributed by atoms with Gasteiger partial charge in [-0.2, -0.15) is 0 Å². The molecule has 0 bridgehead atoms. The van der Waals surface area contributed by atoms with Crippen LogP contribution >= 0.6 is 11.6 Å². The summed E-state index contributed by atoms with van der Waals surface area (Å²) in [6.45, 7) is 5.38. The highest BCUT2D eigenvalue weighted by Crippen LogP contribution is 2.50. The summed E-state index contributed by atoms with van der Waals surface area (Å²) in [6, 6.07) is -0.172. The minimum absolute atomic E-state index is 0.0833. The molecule has 5 heteroatoms. The van der Waals surface area contributed by atoms with E-state index < -0.39 is 17.0 Å². The van der Waals surface area contributed by atoms with Gasteiger partial charge in [-0.3, -0.25) is 9.59 Å². The first-order valence-electron chi connectivity index (χ1n) is 5.24. The molecular formula is C11H17ClO4. The van der Waals surface area contributed by atoms with E-state index >= 15 is 0 Å². The maximum absolute atomic E-state index is 11.6. The minimum Gasteiger partial charge on any atom is -0.460 e. The molecular weight excluding hydrogens is 232 g/mol. The van der Waals surface area contributed by atoms with Gasteiger partial charge in [-0.15, -0.1) is 0 Å². The molecule has 0 radical (unpaired) electrons. The Balaban J connectivity index is 2.48. The summed E-state index contributed by atoms with van der Waals surface area (Å²) in [5.74, 6) is -0.759. The predicted octanol–water partition coefficient (Wildman–Crippen LogP) is 2.24. The van der Waals surface area contributed by atoms with Crippen LogP contribution in [0.2, 0.25) is 0 Å². The topological polar surface area (TPSA) is 52.6 Å². The van der Waals surface area contributed by atoms with Crippen LogP contribution in [0.1, 0.15) is 40.0 Å². The van der Waals surface area contributed by atoms with Crippen molar-refractivity contribution in [3.05, 3.63) is 0 Å². The number of carbonyl (C=O) groups is 2.